The van der Waals surface area contributed by atoms with Crippen LogP contribution < -0.4 is 5.32 Å². The van der Waals surface area contributed by atoms with Gasteiger partial charge in [0, 0.05) is 31.5 Å². The van der Waals surface area contributed by atoms with Crippen molar-refractivity contribution < 1.29 is 4.79 Å². The second kappa shape index (κ2) is 8.34. The standard InChI is InChI=1S/C18H23N7OS/c1-5-10-25-17(14-6-8-19-9-7-14)21-22-18(25)27-11-15(26)20-16-12(2)23-24(4)13(16)3/h6-9H,5,10-11H2,1-4H3,(H,20,26). The minimum absolute atomic E-state index is 0.0873. The molecular formula is C18H23N7OS. The summed E-state index contributed by atoms with van der Waals surface area (Å²) in [6, 6.07) is 3.82. The third-order valence-electron chi connectivity index (χ3n) is 4.21. The van der Waals surface area contributed by atoms with Crippen molar-refractivity contribution in [2.75, 3.05) is 11.1 Å². The molecule has 0 atom stereocenters. The van der Waals surface area contributed by atoms with Gasteiger partial charge in [0.1, 0.15) is 0 Å². The van der Waals surface area contributed by atoms with Crippen molar-refractivity contribution in [2.45, 2.75) is 38.9 Å². The molecule has 3 heterocycles. The lowest BCUT2D eigenvalue weighted by molar-refractivity contribution is -0.113. The number of thioether (sulfide) groups is 1. The van der Waals surface area contributed by atoms with Gasteiger partial charge in [0.05, 0.1) is 22.8 Å². The van der Waals surface area contributed by atoms with Crippen LogP contribution >= 0.6 is 11.8 Å². The average molecular weight is 385 g/mol. The number of amides is 1. The van der Waals surface area contributed by atoms with E-state index in [2.05, 4.69) is 32.5 Å². The molecule has 3 rings (SSSR count). The van der Waals surface area contributed by atoms with E-state index in [-0.39, 0.29) is 11.7 Å². The lowest BCUT2D eigenvalue weighted by Crippen LogP contribution is -2.16. The van der Waals surface area contributed by atoms with Gasteiger partial charge in [-0.25, -0.2) is 0 Å². The van der Waals surface area contributed by atoms with Crippen LogP contribution in [0.15, 0.2) is 29.7 Å². The Bertz CT molecular complexity index is 933. The van der Waals surface area contributed by atoms with Crippen molar-refractivity contribution in [3.05, 3.63) is 35.9 Å². The van der Waals surface area contributed by atoms with Crippen LogP contribution in [0.1, 0.15) is 24.7 Å². The van der Waals surface area contributed by atoms with Crippen LogP contribution in [0.5, 0.6) is 0 Å². The van der Waals surface area contributed by atoms with Crippen molar-refractivity contribution in [1.82, 2.24) is 29.5 Å². The Balaban J connectivity index is 1.72. The average Bonchev–Trinajstić information content (AvgIpc) is 3.17. The van der Waals surface area contributed by atoms with Gasteiger partial charge in [0.2, 0.25) is 5.91 Å². The van der Waals surface area contributed by atoms with Gasteiger partial charge in [0.15, 0.2) is 11.0 Å². The Morgan fingerprint density at radius 3 is 2.59 bits per heavy atom. The second-order valence-corrected chi connectivity index (χ2v) is 7.14. The topological polar surface area (TPSA) is 90.5 Å². The summed E-state index contributed by atoms with van der Waals surface area (Å²) in [6.07, 6.45) is 4.42. The first-order chi connectivity index (χ1) is 13.0. The number of anilines is 1. The van der Waals surface area contributed by atoms with E-state index in [0.29, 0.717) is 0 Å². The third-order valence-corrected chi connectivity index (χ3v) is 5.18. The fourth-order valence-corrected chi connectivity index (χ4v) is 3.56. The van der Waals surface area contributed by atoms with Crippen LogP contribution in [0.3, 0.4) is 0 Å². The number of hydrogen-bond acceptors (Lipinski definition) is 6. The molecule has 3 aromatic rings. The number of carbonyl (C=O) groups excluding carboxylic acids is 1. The van der Waals surface area contributed by atoms with Gasteiger partial charge >= 0.3 is 0 Å². The largest absolute Gasteiger partial charge is 0.322 e. The van der Waals surface area contributed by atoms with Gasteiger partial charge in [-0.2, -0.15) is 5.10 Å². The molecule has 1 amide bonds. The molecule has 1 N–H and O–H groups in total. The molecule has 8 nitrogen and oxygen atoms in total. The second-order valence-electron chi connectivity index (χ2n) is 6.20. The maximum Gasteiger partial charge on any atom is 0.234 e. The molecule has 0 bridgehead atoms. The molecule has 0 radical (unpaired) electrons. The fraction of sp³-hybridized carbons (Fsp3) is 0.389. The van der Waals surface area contributed by atoms with Gasteiger partial charge in [-0.15, -0.1) is 10.2 Å². The number of rotatable bonds is 7. The number of nitrogens with one attached hydrogen (secondary N) is 1. The summed E-state index contributed by atoms with van der Waals surface area (Å²) in [6.45, 7) is 6.71. The fourth-order valence-electron chi connectivity index (χ4n) is 2.80. The molecular weight excluding hydrogens is 362 g/mol. The summed E-state index contributed by atoms with van der Waals surface area (Å²) >= 11 is 1.38. The number of aromatic nitrogens is 6. The number of hydrogen-bond donors (Lipinski definition) is 1. The van der Waals surface area contributed by atoms with Crippen LogP contribution in [0.2, 0.25) is 0 Å². The van der Waals surface area contributed by atoms with E-state index < -0.39 is 0 Å². The van der Waals surface area contributed by atoms with Gasteiger partial charge in [-0.05, 0) is 32.4 Å². The van der Waals surface area contributed by atoms with Crippen LogP contribution in [0.4, 0.5) is 5.69 Å². The molecule has 0 spiro atoms. The zero-order valence-electron chi connectivity index (χ0n) is 15.9. The van der Waals surface area contributed by atoms with E-state index in [9.17, 15) is 4.79 Å². The molecule has 0 aliphatic carbocycles. The number of aryl methyl sites for hydroxylation is 2. The maximum absolute atomic E-state index is 12.4. The number of carbonyl (C=O) groups is 1. The molecule has 3 aromatic heterocycles. The molecule has 142 valence electrons. The number of nitrogens with zero attached hydrogens (tertiary/aromatic N) is 6. The van der Waals surface area contributed by atoms with E-state index in [0.717, 1.165) is 46.6 Å². The number of pyridine rings is 1. The Kier molecular flexibility index (Phi) is 5.90. The molecule has 0 aliphatic heterocycles. The summed E-state index contributed by atoms with van der Waals surface area (Å²) in [5.74, 6) is 0.961. The quantitative estimate of drug-likeness (QED) is 0.629. The molecule has 0 aliphatic rings. The van der Waals surface area contributed by atoms with Gasteiger partial charge < -0.3 is 9.88 Å². The molecule has 0 saturated carbocycles. The minimum Gasteiger partial charge on any atom is -0.322 e. The van der Waals surface area contributed by atoms with Crippen molar-refractivity contribution >= 4 is 23.4 Å². The normalized spacial score (nSPS) is 11.0. The first kappa shape index (κ1) is 19.1. The SMILES string of the molecule is CCCn1c(SCC(=O)Nc2c(C)nn(C)c2C)nnc1-c1ccncc1. The predicted octanol–water partition coefficient (Wildman–Crippen LogP) is 2.83. The smallest absolute Gasteiger partial charge is 0.234 e. The summed E-state index contributed by atoms with van der Waals surface area (Å²) < 4.78 is 3.81. The van der Waals surface area contributed by atoms with Gasteiger partial charge in [0.25, 0.3) is 0 Å². The highest BCUT2D eigenvalue weighted by molar-refractivity contribution is 7.99. The zero-order valence-corrected chi connectivity index (χ0v) is 16.7. The monoisotopic (exact) mass is 385 g/mol. The van der Waals surface area contributed by atoms with Crippen molar-refractivity contribution in [3.8, 4) is 11.4 Å². The minimum atomic E-state index is -0.0873. The van der Waals surface area contributed by atoms with E-state index in [1.54, 1.807) is 17.1 Å². The Labute approximate surface area is 162 Å². The lowest BCUT2D eigenvalue weighted by atomic mass is 10.2. The first-order valence-electron chi connectivity index (χ1n) is 8.77. The van der Waals surface area contributed by atoms with Gasteiger partial charge in [-0.1, -0.05) is 18.7 Å². The molecule has 0 fully saturated rings. The zero-order chi connectivity index (χ0) is 19.4. The highest BCUT2D eigenvalue weighted by Gasteiger charge is 2.17. The van der Waals surface area contributed by atoms with E-state index in [1.807, 2.05) is 37.6 Å². The maximum atomic E-state index is 12.4. The van der Waals surface area contributed by atoms with Crippen LogP contribution in [0.25, 0.3) is 11.4 Å². The molecule has 9 heteroatoms. The Hall–Kier alpha value is -2.68. The predicted molar refractivity (Wildman–Crippen MR) is 106 cm³/mol. The highest BCUT2D eigenvalue weighted by Crippen LogP contribution is 2.25. The van der Waals surface area contributed by atoms with Crippen LogP contribution in [0, 0.1) is 13.8 Å². The summed E-state index contributed by atoms with van der Waals surface area (Å²) in [5.41, 5.74) is 3.47. The van der Waals surface area contributed by atoms with E-state index in [4.69, 9.17) is 0 Å². The Morgan fingerprint density at radius 2 is 1.96 bits per heavy atom. The van der Waals surface area contributed by atoms with Crippen molar-refractivity contribution in [2.24, 2.45) is 7.05 Å². The highest BCUT2D eigenvalue weighted by atomic mass is 32.2. The van der Waals surface area contributed by atoms with Crippen LogP contribution in [-0.4, -0.2) is 41.2 Å². The molecule has 0 saturated heterocycles. The first-order valence-corrected chi connectivity index (χ1v) is 9.76. The van der Waals surface area contributed by atoms with E-state index in [1.165, 1.54) is 11.8 Å². The van der Waals surface area contributed by atoms with Crippen LogP contribution in [-0.2, 0) is 18.4 Å². The molecule has 0 unspecified atom stereocenters. The molecule has 27 heavy (non-hydrogen) atoms. The van der Waals surface area contributed by atoms with E-state index >= 15 is 0 Å². The van der Waals surface area contributed by atoms with Crippen molar-refractivity contribution in [1.29, 1.82) is 0 Å². The summed E-state index contributed by atoms with van der Waals surface area (Å²) in [5, 5.41) is 16.6. The summed E-state index contributed by atoms with van der Waals surface area (Å²) in [4.78, 5) is 16.5. The molecule has 0 aromatic carbocycles. The Morgan fingerprint density at radius 1 is 1.22 bits per heavy atom. The summed E-state index contributed by atoms with van der Waals surface area (Å²) in [7, 11) is 1.86. The van der Waals surface area contributed by atoms with Crippen molar-refractivity contribution in [3.63, 3.8) is 0 Å². The lowest BCUT2D eigenvalue weighted by Gasteiger charge is -2.09. The third kappa shape index (κ3) is 4.19. The van der Waals surface area contributed by atoms with Gasteiger partial charge in [-0.3, -0.25) is 14.5 Å².